The predicted molar refractivity (Wildman–Crippen MR) is 67.8 cm³/mol. The van der Waals surface area contributed by atoms with Crippen LogP contribution in [0.25, 0.3) is 0 Å². The summed E-state index contributed by atoms with van der Waals surface area (Å²) >= 11 is 0. The lowest BCUT2D eigenvalue weighted by Crippen LogP contribution is -2.05. The van der Waals surface area contributed by atoms with Crippen LogP contribution in [0, 0.1) is 11.8 Å². The summed E-state index contributed by atoms with van der Waals surface area (Å²) in [6, 6.07) is 8.20. The summed E-state index contributed by atoms with van der Waals surface area (Å²) in [5, 5.41) is 8.38. The Hall–Kier alpha value is -1.80. The maximum atomic E-state index is 11.8. The summed E-state index contributed by atoms with van der Waals surface area (Å²) in [5.41, 5.74) is 0. The van der Waals surface area contributed by atoms with Gasteiger partial charge in [0, 0.05) is 12.8 Å². The Kier molecular flexibility index (Phi) is 5.40. The molecule has 96 valence electrons. The van der Waals surface area contributed by atoms with Gasteiger partial charge in [0.2, 0.25) is 0 Å². The molecule has 0 amide bonds. The van der Waals surface area contributed by atoms with E-state index in [4.69, 9.17) is 5.11 Å². The van der Waals surface area contributed by atoms with Crippen LogP contribution in [0.5, 0.6) is 0 Å². The molecule has 1 N–H and O–H groups in total. The lowest BCUT2D eigenvalue weighted by Gasteiger charge is -2.00. The molecule has 0 bridgehead atoms. The van der Waals surface area contributed by atoms with Gasteiger partial charge in [0.25, 0.3) is 0 Å². The Morgan fingerprint density at radius 2 is 1.72 bits per heavy atom. The molecule has 0 aliphatic heterocycles. The number of hydrogen-bond acceptors (Lipinski definition) is 3. The quantitative estimate of drug-likeness (QED) is 0.824. The summed E-state index contributed by atoms with van der Waals surface area (Å²) < 4.78 is 23.6. The number of carbonyl (C=O) groups is 1. The molecule has 0 atom stereocenters. The van der Waals surface area contributed by atoms with Crippen LogP contribution in [0.1, 0.15) is 19.3 Å². The van der Waals surface area contributed by atoms with Gasteiger partial charge in [0.15, 0.2) is 9.84 Å². The molecule has 0 saturated carbocycles. The highest BCUT2D eigenvalue weighted by Crippen LogP contribution is 2.10. The van der Waals surface area contributed by atoms with Gasteiger partial charge in [-0.2, -0.15) is 0 Å². The van der Waals surface area contributed by atoms with E-state index in [1.165, 1.54) is 0 Å². The van der Waals surface area contributed by atoms with Gasteiger partial charge in [-0.05, 0) is 12.1 Å². The second-order valence-corrected chi connectivity index (χ2v) is 5.74. The van der Waals surface area contributed by atoms with E-state index in [2.05, 4.69) is 11.8 Å². The summed E-state index contributed by atoms with van der Waals surface area (Å²) in [4.78, 5) is 10.5. The van der Waals surface area contributed by atoms with Gasteiger partial charge in [-0.15, -0.1) is 11.8 Å². The molecule has 0 aliphatic rings. The average Bonchev–Trinajstić information content (AvgIpc) is 2.34. The van der Waals surface area contributed by atoms with Gasteiger partial charge >= 0.3 is 5.97 Å². The summed E-state index contributed by atoms with van der Waals surface area (Å²) in [6.07, 6.45) is 0.454. The first-order chi connectivity index (χ1) is 8.52. The molecule has 5 heteroatoms. The number of hydrogen-bond donors (Lipinski definition) is 1. The molecule has 0 unspecified atom stereocenters. The highest BCUT2D eigenvalue weighted by atomic mass is 32.2. The van der Waals surface area contributed by atoms with E-state index in [0.29, 0.717) is 0 Å². The Bertz CT molecular complexity index is 550. The first kappa shape index (κ1) is 14.3. The van der Waals surface area contributed by atoms with E-state index in [0.717, 1.165) is 0 Å². The van der Waals surface area contributed by atoms with Crippen molar-refractivity contribution >= 4 is 15.8 Å². The van der Waals surface area contributed by atoms with Crippen LogP contribution in [0.4, 0.5) is 0 Å². The third kappa shape index (κ3) is 5.02. The molecular weight excluding hydrogens is 252 g/mol. The third-order valence-electron chi connectivity index (χ3n) is 2.19. The second-order valence-electron chi connectivity index (χ2n) is 3.63. The van der Waals surface area contributed by atoms with Crippen molar-refractivity contribution in [1.29, 1.82) is 0 Å². The number of sulfone groups is 1. The zero-order chi connectivity index (χ0) is 13.4. The fraction of sp³-hybridized carbons (Fsp3) is 0.308. The average molecular weight is 266 g/mol. The van der Waals surface area contributed by atoms with E-state index in [-0.39, 0.29) is 29.9 Å². The minimum absolute atomic E-state index is 0.0154. The molecule has 0 heterocycles. The number of rotatable bonds is 5. The molecule has 1 rings (SSSR count). The molecule has 0 saturated heterocycles. The van der Waals surface area contributed by atoms with Crippen molar-refractivity contribution in [2.45, 2.75) is 24.2 Å². The van der Waals surface area contributed by atoms with Gasteiger partial charge in [-0.1, -0.05) is 18.2 Å². The highest BCUT2D eigenvalue weighted by Gasteiger charge is 2.11. The number of benzene rings is 1. The second kappa shape index (κ2) is 6.82. The largest absolute Gasteiger partial charge is 0.481 e. The molecule has 1 aromatic carbocycles. The van der Waals surface area contributed by atoms with E-state index in [9.17, 15) is 13.2 Å². The molecule has 0 fully saturated rings. The van der Waals surface area contributed by atoms with E-state index >= 15 is 0 Å². The molecule has 0 aliphatic carbocycles. The van der Waals surface area contributed by atoms with Gasteiger partial charge in [-0.25, -0.2) is 8.42 Å². The Morgan fingerprint density at radius 3 is 2.33 bits per heavy atom. The zero-order valence-corrected chi connectivity index (χ0v) is 10.6. The van der Waals surface area contributed by atoms with Crippen molar-refractivity contribution < 1.29 is 18.3 Å². The maximum Gasteiger partial charge on any atom is 0.304 e. The van der Waals surface area contributed by atoms with Crippen LogP contribution in [-0.2, 0) is 14.6 Å². The van der Waals surface area contributed by atoms with Gasteiger partial charge in [0.1, 0.15) is 0 Å². The Morgan fingerprint density at radius 1 is 1.11 bits per heavy atom. The Labute approximate surface area is 107 Å². The molecule has 0 spiro atoms. The zero-order valence-electron chi connectivity index (χ0n) is 9.80. The number of aliphatic carboxylic acids is 1. The summed E-state index contributed by atoms with van der Waals surface area (Å²) in [7, 11) is -3.28. The van der Waals surface area contributed by atoms with Crippen LogP contribution in [0.15, 0.2) is 35.2 Å². The molecular formula is C13H14O4S. The van der Waals surface area contributed by atoms with E-state index in [1.54, 1.807) is 30.3 Å². The lowest BCUT2D eigenvalue weighted by molar-refractivity contribution is -0.136. The van der Waals surface area contributed by atoms with Gasteiger partial charge in [0.05, 0.1) is 17.1 Å². The fourth-order valence-electron chi connectivity index (χ4n) is 1.28. The van der Waals surface area contributed by atoms with E-state index in [1.807, 2.05) is 0 Å². The van der Waals surface area contributed by atoms with Crippen LogP contribution in [0.3, 0.4) is 0 Å². The van der Waals surface area contributed by atoms with Crippen molar-refractivity contribution in [1.82, 2.24) is 0 Å². The topological polar surface area (TPSA) is 71.4 Å². The van der Waals surface area contributed by atoms with Crippen molar-refractivity contribution in [3.05, 3.63) is 30.3 Å². The van der Waals surface area contributed by atoms with Crippen molar-refractivity contribution in [2.24, 2.45) is 0 Å². The maximum absolute atomic E-state index is 11.8. The van der Waals surface area contributed by atoms with Crippen LogP contribution in [-0.4, -0.2) is 25.2 Å². The molecule has 1 aromatic rings. The van der Waals surface area contributed by atoms with E-state index < -0.39 is 15.8 Å². The molecule has 4 nitrogen and oxygen atoms in total. The Balaban J connectivity index is 2.46. The van der Waals surface area contributed by atoms with Crippen molar-refractivity contribution in [3.8, 4) is 11.8 Å². The molecule has 18 heavy (non-hydrogen) atoms. The summed E-state index contributed by atoms with van der Waals surface area (Å²) in [6.45, 7) is 0. The van der Waals surface area contributed by atoms with Crippen molar-refractivity contribution in [3.63, 3.8) is 0 Å². The standard InChI is InChI=1S/C13H14O4S/c14-13(15)10-6-1-2-7-11-18(16,17)12-8-4-3-5-9-12/h3-5,8-9H,6-7,10-11H2,(H,14,15). The molecule has 0 radical (unpaired) electrons. The first-order valence-corrected chi connectivity index (χ1v) is 7.13. The fourth-order valence-corrected chi connectivity index (χ4v) is 2.46. The van der Waals surface area contributed by atoms with Crippen LogP contribution in [0.2, 0.25) is 0 Å². The highest BCUT2D eigenvalue weighted by molar-refractivity contribution is 7.91. The van der Waals surface area contributed by atoms with Gasteiger partial charge in [-0.3, -0.25) is 4.79 Å². The number of carboxylic acids is 1. The normalized spacial score (nSPS) is 10.4. The van der Waals surface area contributed by atoms with Gasteiger partial charge < -0.3 is 5.11 Å². The van der Waals surface area contributed by atoms with Crippen molar-refractivity contribution in [2.75, 3.05) is 5.75 Å². The lowest BCUT2D eigenvalue weighted by atomic mass is 10.3. The van der Waals surface area contributed by atoms with Crippen LogP contribution < -0.4 is 0 Å². The number of carboxylic acid groups (broad SMARTS) is 1. The first-order valence-electron chi connectivity index (χ1n) is 5.48. The minimum Gasteiger partial charge on any atom is -0.481 e. The molecule has 0 aromatic heterocycles. The summed E-state index contributed by atoms with van der Waals surface area (Å²) in [5.74, 6) is 4.37. The minimum atomic E-state index is -3.28. The monoisotopic (exact) mass is 266 g/mol. The van der Waals surface area contributed by atoms with Crippen LogP contribution >= 0.6 is 0 Å². The SMILES string of the molecule is O=C(O)CCC#CCCS(=O)(=O)c1ccccc1. The predicted octanol–water partition coefficient (Wildman–Crippen LogP) is 1.72. The smallest absolute Gasteiger partial charge is 0.304 e. The third-order valence-corrected chi connectivity index (χ3v) is 3.92.